The molecule has 0 saturated carbocycles. The second-order valence-corrected chi connectivity index (χ2v) is 9.23. The molecule has 158 valence electrons. The largest absolute Gasteiger partial charge is 0.495 e. The number of hydrogen-bond acceptors (Lipinski definition) is 4. The minimum Gasteiger partial charge on any atom is -0.495 e. The Bertz CT molecular complexity index is 946. The van der Waals surface area contributed by atoms with E-state index in [1.807, 2.05) is 6.92 Å². The van der Waals surface area contributed by atoms with Crippen LogP contribution in [0.15, 0.2) is 42.5 Å². The van der Waals surface area contributed by atoms with Crippen molar-refractivity contribution in [3.05, 3.63) is 58.6 Å². The summed E-state index contributed by atoms with van der Waals surface area (Å²) in [6.07, 6.45) is 2.63. The third kappa shape index (κ3) is 6.37. The zero-order valence-electron chi connectivity index (χ0n) is 17.1. The van der Waals surface area contributed by atoms with E-state index in [0.29, 0.717) is 17.3 Å². The van der Waals surface area contributed by atoms with Crippen LogP contribution in [0.2, 0.25) is 5.02 Å². The number of halogens is 1. The second-order valence-electron chi connectivity index (χ2n) is 6.93. The van der Waals surface area contributed by atoms with E-state index in [1.54, 1.807) is 12.1 Å². The molecule has 29 heavy (non-hydrogen) atoms. The zero-order chi connectivity index (χ0) is 21.6. The lowest BCUT2D eigenvalue weighted by atomic mass is 10.1. The first kappa shape index (κ1) is 23.0. The molecule has 1 N–H and O–H groups in total. The van der Waals surface area contributed by atoms with Crippen molar-refractivity contribution in [1.82, 2.24) is 5.32 Å². The summed E-state index contributed by atoms with van der Waals surface area (Å²) in [6, 6.07) is 11.9. The zero-order valence-corrected chi connectivity index (χ0v) is 18.7. The van der Waals surface area contributed by atoms with Crippen molar-refractivity contribution in [2.75, 3.05) is 24.2 Å². The molecule has 0 aliphatic heterocycles. The molecule has 0 aliphatic carbocycles. The molecule has 0 heterocycles. The Labute approximate surface area is 177 Å². The van der Waals surface area contributed by atoms with Crippen LogP contribution in [0.4, 0.5) is 5.69 Å². The minimum absolute atomic E-state index is 0.227. The number of amides is 1. The number of nitrogens with zero attached hydrogens (tertiary/aromatic N) is 1. The van der Waals surface area contributed by atoms with E-state index in [-0.39, 0.29) is 11.6 Å². The van der Waals surface area contributed by atoms with Gasteiger partial charge in [0.05, 0.1) is 19.1 Å². The first-order chi connectivity index (χ1) is 13.6. The average Bonchev–Trinajstić information content (AvgIpc) is 2.65. The number of sulfonamides is 1. The molecule has 0 spiro atoms. The monoisotopic (exact) mass is 438 g/mol. The fraction of sp³-hybridized carbons (Fsp3) is 0.381. The van der Waals surface area contributed by atoms with E-state index in [2.05, 4.69) is 29.6 Å². The SMILES string of the molecule is COc1ccc(Cl)cc1N(C(C)C(=O)NCCCc1ccc(C)cc1)S(C)(=O)=O. The lowest BCUT2D eigenvalue weighted by Gasteiger charge is -2.29. The highest BCUT2D eigenvalue weighted by molar-refractivity contribution is 7.92. The smallest absolute Gasteiger partial charge is 0.243 e. The number of carbonyl (C=O) groups is 1. The molecule has 0 aliphatic rings. The molecule has 6 nitrogen and oxygen atoms in total. The van der Waals surface area contributed by atoms with Crippen LogP contribution in [0, 0.1) is 6.92 Å². The Morgan fingerprint density at radius 1 is 1.21 bits per heavy atom. The third-order valence-electron chi connectivity index (χ3n) is 4.53. The summed E-state index contributed by atoms with van der Waals surface area (Å²) >= 11 is 6.04. The number of anilines is 1. The van der Waals surface area contributed by atoms with Crippen LogP contribution in [0.1, 0.15) is 24.5 Å². The number of aryl methyl sites for hydroxylation is 2. The third-order valence-corrected chi connectivity index (χ3v) is 5.99. The van der Waals surface area contributed by atoms with Crippen LogP contribution in [-0.4, -0.2) is 40.3 Å². The normalized spacial score (nSPS) is 12.3. The van der Waals surface area contributed by atoms with Crippen molar-refractivity contribution in [1.29, 1.82) is 0 Å². The summed E-state index contributed by atoms with van der Waals surface area (Å²) in [6.45, 7) is 4.02. The average molecular weight is 439 g/mol. The summed E-state index contributed by atoms with van der Waals surface area (Å²) in [7, 11) is -2.32. The van der Waals surface area contributed by atoms with Crippen LogP contribution in [-0.2, 0) is 21.2 Å². The maximum atomic E-state index is 12.7. The van der Waals surface area contributed by atoms with E-state index in [9.17, 15) is 13.2 Å². The van der Waals surface area contributed by atoms with Gasteiger partial charge in [-0.1, -0.05) is 41.4 Å². The van der Waals surface area contributed by atoms with Gasteiger partial charge in [-0.25, -0.2) is 8.42 Å². The molecular formula is C21H27ClN2O4S. The van der Waals surface area contributed by atoms with Gasteiger partial charge in [0.2, 0.25) is 15.9 Å². The van der Waals surface area contributed by atoms with Gasteiger partial charge >= 0.3 is 0 Å². The van der Waals surface area contributed by atoms with Gasteiger partial charge in [0, 0.05) is 11.6 Å². The number of benzene rings is 2. The number of ether oxygens (including phenoxy) is 1. The molecule has 2 aromatic carbocycles. The molecule has 8 heteroatoms. The highest BCUT2D eigenvalue weighted by Crippen LogP contribution is 2.34. The van der Waals surface area contributed by atoms with Gasteiger partial charge in [-0.3, -0.25) is 9.10 Å². The maximum Gasteiger partial charge on any atom is 0.243 e. The van der Waals surface area contributed by atoms with E-state index in [1.165, 1.54) is 31.2 Å². The Morgan fingerprint density at radius 2 is 1.86 bits per heavy atom. The van der Waals surface area contributed by atoms with Crippen molar-refractivity contribution in [3.63, 3.8) is 0 Å². The molecule has 2 rings (SSSR count). The van der Waals surface area contributed by atoms with Crippen molar-refractivity contribution in [2.45, 2.75) is 32.7 Å². The standard InChI is InChI=1S/C21H27ClN2O4S/c1-15-7-9-17(10-8-15)6-5-13-23-21(25)16(2)24(29(4,26)27)19-14-18(22)11-12-20(19)28-3/h7-12,14,16H,5-6,13H2,1-4H3,(H,23,25). The topological polar surface area (TPSA) is 75.7 Å². The molecular weight excluding hydrogens is 412 g/mol. The fourth-order valence-corrected chi connectivity index (χ4v) is 4.36. The molecule has 0 aromatic heterocycles. The Morgan fingerprint density at radius 3 is 2.45 bits per heavy atom. The molecule has 2 aromatic rings. The first-order valence-electron chi connectivity index (χ1n) is 9.29. The van der Waals surface area contributed by atoms with Crippen molar-refractivity contribution >= 4 is 33.2 Å². The first-order valence-corrected chi connectivity index (χ1v) is 11.5. The van der Waals surface area contributed by atoms with Crippen LogP contribution >= 0.6 is 11.6 Å². The summed E-state index contributed by atoms with van der Waals surface area (Å²) in [4.78, 5) is 12.7. The van der Waals surface area contributed by atoms with Crippen LogP contribution < -0.4 is 14.4 Å². The predicted molar refractivity (Wildman–Crippen MR) is 117 cm³/mol. The van der Waals surface area contributed by atoms with Crippen LogP contribution in [0.5, 0.6) is 5.75 Å². The van der Waals surface area contributed by atoms with Crippen LogP contribution in [0.3, 0.4) is 0 Å². The Hall–Kier alpha value is -2.25. The van der Waals surface area contributed by atoms with E-state index in [0.717, 1.165) is 23.4 Å². The maximum absolute atomic E-state index is 12.7. The summed E-state index contributed by atoms with van der Waals surface area (Å²) in [5.41, 5.74) is 2.62. The molecule has 0 radical (unpaired) electrons. The van der Waals surface area contributed by atoms with Gasteiger partial charge in [0.25, 0.3) is 0 Å². The lowest BCUT2D eigenvalue weighted by molar-refractivity contribution is -0.121. The van der Waals surface area contributed by atoms with Gasteiger partial charge in [-0.2, -0.15) is 0 Å². The van der Waals surface area contributed by atoms with Gasteiger partial charge in [0.15, 0.2) is 0 Å². The fourth-order valence-electron chi connectivity index (χ4n) is 3.02. The van der Waals surface area contributed by atoms with Crippen molar-refractivity contribution < 1.29 is 17.9 Å². The molecule has 1 unspecified atom stereocenters. The van der Waals surface area contributed by atoms with Gasteiger partial charge in [-0.05, 0) is 50.5 Å². The van der Waals surface area contributed by atoms with E-state index >= 15 is 0 Å². The number of nitrogens with one attached hydrogen (secondary N) is 1. The minimum atomic E-state index is -3.76. The predicted octanol–water partition coefficient (Wildman–Crippen LogP) is 3.56. The molecule has 1 amide bonds. The quantitative estimate of drug-likeness (QED) is 0.607. The number of rotatable bonds is 9. The molecule has 0 saturated heterocycles. The molecule has 0 bridgehead atoms. The highest BCUT2D eigenvalue weighted by Gasteiger charge is 2.31. The Kier molecular flexibility index (Phi) is 7.93. The summed E-state index contributed by atoms with van der Waals surface area (Å²) < 4.78 is 31.2. The number of hydrogen-bond donors (Lipinski definition) is 1. The molecule has 0 fully saturated rings. The summed E-state index contributed by atoms with van der Waals surface area (Å²) in [5, 5.41) is 3.17. The number of methoxy groups -OCH3 is 1. The second kappa shape index (κ2) is 9.98. The van der Waals surface area contributed by atoms with E-state index in [4.69, 9.17) is 16.3 Å². The van der Waals surface area contributed by atoms with Gasteiger partial charge in [0.1, 0.15) is 11.8 Å². The number of carbonyl (C=O) groups excluding carboxylic acids is 1. The van der Waals surface area contributed by atoms with Gasteiger partial charge < -0.3 is 10.1 Å². The lowest BCUT2D eigenvalue weighted by Crippen LogP contribution is -2.48. The highest BCUT2D eigenvalue weighted by atomic mass is 35.5. The Balaban J connectivity index is 2.07. The van der Waals surface area contributed by atoms with Crippen molar-refractivity contribution in [3.8, 4) is 5.75 Å². The van der Waals surface area contributed by atoms with Crippen molar-refractivity contribution in [2.24, 2.45) is 0 Å². The summed E-state index contributed by atoms with van der Waals surface area (Å²) in [5.74, 6) is -0.0693. The molecule has 1 atom stereocenters. The van der Waals surface area contributed by atoms with Crippen LogP contribution in [0.25, 0.3) is 0 Å². The van der Waals surface area contributed by atoms with Gasteiger partial charge in [-0.15, -0.1) is 0 Å². The van der Waals surface area contributed by atoms with E-state index < -0.39 is 16.1 Å².